The summed E-state index contributed by atoms with van der Waals surface area (Å²) in [6.07, 6.45) is 26.4. The summed E-state index contributed by atoms with van der Waals surface area (Å²) in [5.74, 6) is 2.56. The molecule has 0 amide bonds. The fourth-order valence-electron chi connectivity index (χ4n) is 16.2. The highest BCUT2D eigenvalue weighted by molar-refractivity contribution is 6.23. The molecule has 4 saturated carbocycles. The van der Waals surface area contributed by atoms with E-state index in [2.05, 4.69) is 252 Å². The second-order valence-corrected chi connectivity index (χ2v) is 26.5. The second kappa shape index (κ2) is 25.7. The number of nitrogens with zero attached hydrogens (tertiary/aromatic N) is 2. The average Bonchev–Trinajstić information content (AvgIpc) is 1.22. The van der Waals surface area contributed by atoms with Gasteiger partial charge in [0.15, 0.2) is 0 Å². The van der Waals surface area contributed by atoms with Gasteiger partial charge in [0.25, 0.3) is 0 Å². The first kappa shape index (κ1) is 56.1. The Morgan fingerprint density at radius 2 is 0.432 bits per heavy atom. The molecule has 438 valence electrons. The van der Waals surface area contributed by atoms with Crippen LogP contribution in [-0.4, -0.2) is 0 Å². The molecule has 88 heavy (non-hydrogen) atoms. The molecule has 4 aliphatic carbocycles. The van der Waals surface area contributed by atoms with Crippen molar-refractivity contribution in [2.45, 2.75) is 152 Å². The molecule has 0 aliphatic heterocycles. The first-order valence-corrected chi connectivity index (χ1v) is 34.0. The zero-order valence-corrected chi connectivity index (χ0v) is 51.4. The van der Waals surface area contributed by atoms with Crippen molar-refractivity contribution in [3.05, 3.63) is 265 Å². The third kappa shape index (κ3) is 11.6. The predicted octanol–water partition coefficient (Wildman–Crippen LogP) is 25.8. The van der Waals surface area contributed by atoms with Gasteiger partial charge in [-0.2, -0.15) is 0 Å². The maximum absolute atomic E-state index is 2.54. The van der Waals surface area contributed by atoms with E-state index < -0.39 is 0 Å². The van der Waals surface area contributed by atoms with E-state index >= 15 is 0 Å². The smallest absolute Gasteiger partial charge is 0.0468 e. The molecule has 0 saturated heterocycles. The van der Waals surface area contributed by atoms with Crippen LogP contribution in [0.1, 0.15) is 174 Å². The Morgan fingerprint density at radius 3 is 0.705 bits per heavy atom. The molecule has 4 aliphatic rings. The largest absolute Gasteiger partial charge is 0.310 e. The van der Waals surface area contributed by atoms with E-state index in [0.29, 0.717) is 23.7 Å². The summed E-state index contributed by atoms with van der Waals surface area (Å²) in [7, 11) is 0. The minimum absolute atomic E-state index is 0.641. The van der Waals surface area contributed by atoms with Crippen molar-refractivity contribution in [2.24, 2.45) is 0 Å². The van der Waals surface area contributed by atoms with Crippen molar-refractivity contribution in [3.63, 3.8) is 0 Å². The van der Waals surface area contributed by atoms with Gasteiger partial charge in [-0.1, -0.05) is 247 Å². The molecular formula is C86H84N2. The standard InChI is InChI=1S/C86H84N2/c1-7-19-61(20-8-1)67-31-35-73(36-32-67)85-81-57-55-80(88(77-51-43-71(44-52-77)65-27-15-5-16-28-65)78-53-45-72(46-54-78)66-29-17-6-18-30-66)60-84(81)86(74-37-33-68(34-38-74)62-21-9-2-10-22-62)82-58-56-79(59-83(82)85)87(75-47-39-69(40-48-75)63-23-11-3-12-24-63)76-49-41-70(42-50-76)64-25-13-4-14-26-64/h1-2,7-10,19-22,31-60,63-66H,3-6,11-18,23-30H2. The van der Waals surface area contributed by atoms with Crippen molar-refractivity contribution < 1.29 is 0 Å². The third-order valence-corrected chi connectivity index (χ3v) is 21.1. The van der Waals surface area contributed by atoms with Crippen LogP contribution >= 0.6 is 0 Å². The lowest BCUT2D eigenvalue weighted by Crippen LogP contribution is -2.12. The molecule has 15 rings (SSSR count). The first-order chi connectivity index (χ1) is 43.6. The lowest BCUT2D eigenvalue weighted by Gasteiger charge is -2.29. The molecule has 0 aromatic heterocycles. The van der Waals surface area contributed by atoms with Gasteiger partial charge >= 0.3 is 0 Å². The van der Waals surface area contributed by atoms with Crippen LogP contribution in [0.15, 0.2) is 243 Å². The van der Waals surface area contributed by atoms with E-state index in [9.17, 15) is 0 Å². The van der Waals surface area contributed by atoms with Gasteiger partial charge in [-0.05, 0) is 236 Å². The summed E-state index contributed by atoms with van der Waals surface area (Å²) in [5, 5.41) is 4.96. The van der Waals surface area contributed by atoms with Crippen molar-refractivity contribution in [2.75, 3.05) is 9.80 Å². The molecule has 4 fully saturated rings. The van der Waals surface area contributed by atoms with Gasteiger partial charge in [0.2, 0.25) is 0 Å². The van der Waals surface area contributed by atoms with Gasteiger partial charge < -0.3 is 9.80 Å². The molecular weight excluding hydrogens is 1060 g/mol. The Balaban J connectivity index is 0.949. The van der Waals surface area contributed by atoms with E-state index in [1.807, 2.05) is 0 Å². The number of hydrogen-bond donors (Lipinski definition) is 0. The highest BCUT2D eigenvalue weighted by Crippen LogP contribution is 2.50. The number of benzene rings is 11. The van der Waals surface area contributed by atoms with Crippen LogP contribution in [0.2, 0.25) is 0 Å². The molecule has 11 aromatic rings. The molecule has 0 bridgehead atoms. The summed E-state index contributed by atoms with van der Waals surface area (Å²) >= 11 is 0. The van der Waals surface area contributed by atoms with Gasteiger partial charge in [0, 0.05) is 34.1 Å². The summed E-state index contributed by atoms with van der Waals surface area (Å²) in [5.41, 5.74) is 22.8. The number of rotatable bonds is 14. The normalized spacial score (nSPS) is 16.5. The number of anilines is 6. The molecule has 0 radical (unpaired) electrons. The first-order valence-electron chi connectivity index (χ1n) is 34.0. The van der Waals surface area contributed by atoms with Crippen molar-refractivity contribution in [1.82, 2.24) is 0 Å². The highest BCUT2D eigenvalue weighted by Gasteiger charge is 2.26. The van der Waals surface area contributed by atoms with Gasteiger partial charge in [0.1, 0.15) is 0 Å². The van der Waals surface area contributed by atoms with E-state index in [1.54, 1.807) is 0 Å². The lowest BCUT2D eigenvalue weighted by molar-refractivity contribution is 0.443. The van der Waals surface area contributed by atoms with Crippen molar-refractivity contribution in [3.8, 4) is 44.5 Å². The van der Waals surface area contributed by atoms with Crippen LogP contribution < -0.4 is 9.80 Å². The lowest BCUT2D eigenvalue weighted by atomic mass is 9.83. The topological polar surface area (TPSA) is 6.48 Å². The fourth-order valence-corrected chi connectivity index (χ4v) is 16.2. The van der Waals surface area contributed by atoms with Crippen LogP contribution in [0.5, 0.6) is 0 Å². The number of fused-ring (bicyclic) bond motifs is 2. The van der Waals surface area contributed by atoms with E-state index in [0.717, 1.165) is 11.4 Å². The Hall–Kier alpha value is -8.46. The minimum atomic E-state index is 0.641. The van der Waals surface area contributed by atoms with E-state index in [-0.39, 0.29) is 0 Å². The summed E-state index contributed by atoms with van der Waals surface area (Å²) < 4.78 is 0. The van der Waals surface area contributed by atoms with Gasteiger partial charge in [-0.3, -0.25) is 0 Å². The van der Waals surface area contributed by atoms with Crippen LogP contribution in [0, 0.1) is 0 Å². The summed E-state index contributed by atoms with van der Waals surface area (Å²) in [6, 6.07) is 94.2. The number of hydrogen-bond acceptors (Lipinski definition) is 2. The molecule has 2 nitrogen and oxygen atoms in total. The van der Waals surface area contributed by atoms with Crippen LogP contribution in [-0.2, 0) is 0 Å². The van der Waals surface area contributed by atoms with Gasteiger partial charge in [0.05, 0.1) is 0 Å². The zero-order chi connectivity index (χ0) is 58.6. The molecule has 0 N–H and O–H groups in total. The molecule has 0 spiro atoms. The average molecular weight is 1150 g/mol. The predicted molar refractivity (Wildman–Crippen MR) is 376 cm³/mol. The Bertz CT molecular complexity index is 3710. The zero-order valence-electron chi connectivity index (χ0n) is 51.4. The Morgan fingerprint density at radius 1 is 0.193 bits per heavy atom. The van der Waals surface area contributed by atoms with Crippen LogP contribution in [0.25, 0.3) is 66.1 Å². The Kier molecular flexibility index (Phi) is 16.4. The van der Waals surface area contributed by atoms with E-state index in [1.165, 1.54) is 239 Å². The quantitative estimate of drug-likeness (QED) is 0.100. The third-order valence-electron chi connectivity index (χ3n) is 21.1. The molecule has 11 aromatic carbocycles. The highest BCUT2D eigenvalue weighted by atomic mass is 15.1. The van der Waals surface area contributed by atoms with Crippen molar-refractivity contribution in [1.29, 1.82) is 0 Å². The van der Waals surface area contributed by atoms with Crippen LogP contribution in [0.3, 0.4) is 0 Å². The van der Waals surface area contributed by atoms with Crippen molar-refractivity contribution >= 4 is 55.7 Å². The maximum atomic E-state index is 2.54. The van der Waals surface area contributed by atoms with Gasteiger partial charge in [-0.25, -0.2) is 0 Å². The van der Waals surface area contributed by atoms with Crippen LogP contribution in [0.4, 0.5) is 34.1 Å². The second-order valence-electron chi connectivity index (χ2n) is 26.5. The SMILES string of the molecule is c1ccc(-c2ccc(-c3c4ccc(N(c5ccc(C6CCCCC6)cc5)c5ccc(C6CCCCC6)cc5)cc4c(-c4ccc(-c5ccccc5)cc4)c4ccc(N(c5ccc(C6CCCCC6)cc5)c5ccc(C6CCCCC6)cc5)cc34)cc2)cc1. The fraction of sp³-hybridized carbons (Fsp3) is 0.279. The molecule has 0 unspecified atom stereocenters. The molecule has 0 atom stereocenters. The minimum Gasteiger partial charge on any atom is -0.310 e. The molecule has 2 heteroatoms. The Labute approximate surface area is 524 Å². The summed E-state index contributed by atoms with van der Waals surface area (Å²) in [4.78, 5) is 5.07. The monoisotopic (exact) mass is 1140 g/mol. The maximum Gasteiger partial charge on any atom is 0.0468 e. The van der Waals surface area contributed by atoms with Gasteiger partial charge in [-0.15, -0.1) is 0 Å². The summed E-state index contributed by atoms with van der Waals surface area (Å²) in [6.45, 7) is 0. The van der Waals surface area contributed by atoms with E-state index in [4.69, 9.17) is 0 Å². The molecule has 0 heterocycles.